The fourth-order valence-electron chi connectivity index (χ4n) is 3.58. The molecule has 1 saturated carbocycles. The third-order valence-electron chi connectivity index (χ3n) is 4.99. The van der Waals surface area contributed by atoms with Gasteiger partial charge in [0.1, 0.15) is 18.1 Å². The summed E-state index contributed by atoms with van der Waals surface area (Å²) in [7, 11) is 0. The summed E-state index contributed by atoms with van der Waals surface area (Å²) in [4.78, 5) is 28.9. The van der Waals surface area contributed by atoms with Gasteiger partial charge in [0.2, 0.25) is 5.91 Å². The summed E-state index contributed by atoms with van der Waals surface area (Å²) in [5.41, 5.74) is 1.40. The molecule has 3 aromatic rings. The Morgan fingerprint density at radius 1 is 1.25 bits per heavy atom. The van der Waals surface area contributed by atoms with E-state index in [0.29, 0.717) is 28.5 Å². The summed E-state index contributed by atoms with van der Waals surface area (Å²) in [5.74, 6) is 1.39. The van der Waals surface area contributed by atoms with Crippen molar-refractivity contribution in [2.45, 2.75) is 45.6 Å². The van der Waals surface area contributed by atoms with E-state index in [-0.39, 0.29) is 24.0 Å². The molecule has 1 N–H and O–H groups in total. The van der Waals surface area contributed by atoms with Crippen molar-refractivity contribution in [1.29, 1.82) is 0 Å². The van der Waals surface area contributed by atoms with Crippen molar-refractivity contribution in [1.82, 2.24) is 9.56 Å². The lowest BCUT2D eigenvalue weighted by Crippen LogP contribution is -2.24. The molecule has 1 fully saturated rings. The summed E-state index contributed by atoms with van der Waals surface area (Å²) >= 11 is 0. The molecule has 7 nitrogen and oxygen atoms in total. The maximum atomic E-state index is 12.4. The highest BCUT2D eigenvalue weighted by Gasteiger charge is 2.21. The average Bonchev–Trinajstić information content (AvgIpc) is 3.08. The molecule has 146 valence electrons. The summed E-state index contributed by atoms with van der Waals surface area (Å²) in [5, 5.41) is 2.99. The van der Waals surface area contributed by atoms with E-state index in [9.17, 15) is 9.59 Å². The molecule has 0 spiro atoms. The number of benzene rings is 1. The number of fused-ring (bicyclic) bond motifs is 1. The molecule has 0 saturated heterocycles. The van der Waals surface area contributed by atoms with E-state index in [1.807, 2.05) is 18.2 Å². The Kier molecular flexibility index (Phi) is 5.14. The van der Waals surface area contributed by atoms with Crippen molar-refractivity contribution in [2.24, 2.45) is 5.92 Å². The number of aryl methyl sites for hydroxylation is 1. The molecule has 0 aliphatic heterocycles. The molecule has 0 unspecified atom stereocenters. The van der Waals surface area contributed by atoms with Crippen LogP contribution in [0.5, 0.6) is 5.75 Å². The molecule has 1 aliphatic carbocycles. The number of ether oxygens (including phenoxy) is 1. The number of hydrogen-bond donors (Lipinski definition) is 1. The lowest BCUT2D eigenvalue weighted by Gasteiger charge is -2.20. The van der Waals surface area contributed by atoms with Crippen molar-refractivity contribution in [3.8, 4) is 5.75 Å². The second-order valence-electron chi connectivity index (χ2n) is 7.23. The van der Waals surface area contributed by atoms with Gasteiger partial charge < -0.3 is 14.6 Å². The predicted octanol–water partition coefficient (Wildman–Crippen LogP) is 3.69. The van der Waals surface area contributed by atoms with Crippen molar-refractivity contribution < 1.29 is 14.1 Å². The van der Waals surface area contributed by atoms with Crippen LogP contribution in [0, 0.1) is 12.8 Å². The fraction of sp³-hybridized carbons (Fsp3) is 0.381. The molecule has 28 heavy (non-hydrogen) atoms. The molecule has 2 heterocycles. The van der Waals surface area contributed by atoms with Crippen LogP contribution in [0.1, 0.15) is 43.6 Å². The Labute approximate surface area is 162 Å². The highest BCUT2D eigenvalue weighted by atomic mass is 16.5. The number of anilines is 1. The van der Waals surface area contributed by atoms with Gasteiger partial charge in [-0.2, -0.15) is 0 Å². The maximum Gasteiger partial charge on any atom is 0.287 e. The van der Waals surface area contributed by atoms with Gasteiger partial charge in [-0.15, -0.1) is 4.57 Å². The zero-order valence-electron chi connectivity index (χ0n) is 15.8. The topological polar surface area (TPSA) is 85.8 Å². The molecule has 1 aromatic carbocycles. The van der Waals surface area contributed by atoms with E-state index in [4.69, 9.17) is 9.26 Å². The van der Waals surface area contributed by atoms with Gasteiger partial charge in [-0.05, 0) is 31.9 Å². The maximum absolute atomic E-state index is 12.4. The summed E-state index contributed by atoms with van der Waals surface area (Å²) in [6, 6.07) is 10.4. The van der Waals surface area contributed by atoms with Crippen LogP contribution in [0.3, 0.4) is 0 Å². The van der Waals surface area contributed by atoms with Gasteiger partial charge in [0.25, 0.3) is 5.56 Å². The van der Waals surface area contributed by atoms with E-state index in [1.165, 1.54) is 12.5 Å². The smallest absolute Gasteiger partial charge is 0.287 e. The first-order valence-electron chi connectivity index (χ1n) is 9.62. The second kappa shape index (κ2) is 7.88. The largest absolute Gasteiger partial charge is 0.487 e. The first kappa shape index (κ1) is 18.3. The molecular weight excluding hydrogens is 358 g/mol. The normalized spacial score (nSPS) is 14.9. The number of carbonyl (C=O) groups is 1. The van der Waals surface area contributed by atoms with Crippen LogP contribution in [0.4, 0.5) is 5.69 Å². The van der Waals surface area contributed by atoms with Crippen LogP contribution in [-0.4, -0.2) is 15.5 Å². The zero-order chi connectivity index (χ0) is 19.5. The predicted molar refractivity (Wildman–Crippen MR) is 104 cm³/mol. The van der Waals surface area contributed by atoms with Gasteiger partial charge in [-0.25, -0.2) is 4.98 Å². The number of nitrogens with one attached hydrogen (secondary N) is 1. The Bertz CT molecular complexity index is 1050. The third kappa shape index (κ3) is 4.08. The molecule has 4 rings (SSSR count). The van der Waals surface area contributed by atoms with E-state index in [0.717, 1.165) is 30.3 Å². The standard InChI is InChI=1S/C21H23N3O4/c1-14-10-19-22-17(12-20(25)24(19)28-14)13-27-18-9-5-8-16(11-18)23-21(26)15-6-3-2-4-7-15/h5,8-12,15H,2-4,6-7,13H2,1H3,(H,23,26). The molecule has 7 heteroatoms. The molecule has 0 bridgehead atoms. The Balaban J connectivity index is 1.42. The molecule has 2 aromatic heterocycles. The molecular formula is C21H23N3O4. The number of amides is 1. The second-order valence-corrected chi connectivity index (χ2v) is 7.23. The number of rotatable bonds is 5. The molecule has 0 radical (unpaired) electrons. The molecule has 0 atom stereocenters. The van der Waals surface area contributed by atoms with Crippen molar-refractivity contribution in [3.63, 3.8) is 0 Å². The van der Waals surface area contributed by atoms with E-state index >= 15 is 0 Å². The van der Waals surface area contributed by atoms with E-state index in [2.05, 4.69) is 10.3 Å². The Morgan fingerprint density at radius 2 is 2.07 bits per heavy atom. The van der Waals surface area contributed by atoms with Crippen molar-refractivity contribution in [2.75, 3.05) is 5.32 Å². The average molecular weight is 381 g/mol. The van der Waals surface area contributed by atoms with Crippen LogP contribution in [-0.2, 0) is 11.4 Å². The first-order chi connectivity index (χ1) is 13.6. The quantitative estimate of drug-likeness (QED) is 0.728. The minimum atomic E-state index is -0.287. The van der Waals surface area contributed by atoms with E-state index < -0.39 is 0 Å². The van der Waals surface area contributed by atoms with Gasteiger partial charge in [0.05, 0.1) is 5.69 Å². The SMILES string of the molecule is Cc1cc2nc(COc3cccc(NC(=O)C4CCCCC4)c3)cc(=O)n2o1. The van der Waals surface area contributed by atoms with Crippen LogP contribution in [0.2, 0.25) is 0 Å². The van der Waals surface area contributed by atoms with Crippen LogP contribution in [0.15, 0.2) is 45.7 Å². The van der Waals surface area contributed by atoms with Crippen LogP contribution < -0.4 is 15.6 Å². The van der Waals surface area contributed by atoms with E-state index in [1.54, 1.807) is 19.1 Å². The summed E-state index contributed by atoms with van der Waals surface area (Å²) in [6.07, 6.45) is 5.37. The summed E-state index contributed by atoms with van der Waals surface area (Å²) in [6.45, 7) is 1.91. The van der Waals surface area contributed by atoms with Gasteiger partial charge >= 0.3 is 0 Å². The van der Waals surface area contributed by atoms with Gasteiger partial charge in [0, 0.05) is 29.8 Å². The molecule has 1 aliphatic rings. The van der Waals surface area contributed by atoms with Crippen LogP contribution >= 0.6 is 0 Å². The minimum absolute atomic E-state index is 0.0762. The lowest BCUT2D eigenvalue weighted by molar-refractivity contribution is -0.120. The Morgan fingerprint density at radius 3 is 2.89 bits per heavy atom. The third-order valence-corrected chi connectivity index (χ3v) is 4.99. The molecule has 1 amide bonds. The van der Waals surface area contributed by atoms with Gasteiger partial charge in [0.15, 0.2) is 5.65 Å². The fourth-order valence-corrected chi connectivity index (χ4v) is 3.58. The number of aromatic nitrogens is 2. The Hall–Kier alpha value is -3.09. The zero-order valence-corrected chi connectivity index (χ0v) is 15.8. The number of carbonyl (C=O) groups excluding carboxylic acids is 1. The monoisotopic (exact) mass is 381 g/mol. The van der Waals surface area contributed by atoms with Gasteiger partial charge in [-0.3, -0.25) is 9.59 Å². The highest BCUT2D eigenvalue weighted by molar-refractivity contribution is 5.92. The minimum Gasteiger partial charge on any atom is -0.487 e. The number of nitrogens with zero attached hydrogens (tertiary/aromatic N) is 2. The lowest BCUT2D eigenvalue weighted by atomic mass is 9.88. The van der Waals surface area contributed by atoms with Crippen LogP contribution in [0.25, 0.3) is 5.65 Å². The van der Waals surface area contributed by atoms with Gasteiger partial charge in [-0.1, -0.05) is 25.3 Å². The first-order valence-corrected chi connectivity index (χ1v) is 9.62. The summed E-state index contributed by atoms with van der Waals surface area (Å²) < 4.78 is 12.2. The van der Waals surface area contributed by atoms with Crippen molar-refractivity contribution in [3.05, 3.63) is 58.2 Å². The number of hydrogen-bond acceptors (Lipinski definition) is 5. The highest BCUT2D eigenvalue weighted by Crippen LogP contribution is 2.26. The van der Waals surface area contributed by atoms with Crippen molar-refractivity contribution >= 4 is 17.2 Å².